The minimum Gasteiger partial charge on any atom is -0.272 e. The highest BCUT2D eigenvalue weighted by Gasteiger charge is 2.32. The van der Waals surface area contributed by atoms with Crippen LogP contribution in [0.5, 0.6) is 0 Å². The molecule has 1 aliphatic rings. The van der Waals surface area contributed by atoms with Gasteiger partial charge in [0.1, 0.15) is 5.82 Å². The molecule has 0 saturated carbocycles. The first-order valence-electron chi connectivity index (χ1n) is 5.81. The van der Waals surface area contributed by atoms with Crippen molar-refractivity contribution in [2.45, 2.75) is 26.3 Å². The lowest BCUT2D eigenvalue weighted by Gasteiger charge is -2.24. The van der Waals surface area contributed by atoms with E-state index in [9.17, 15) is 9.18 Å². The smallest absolute Gasteiger partial charge is 0.249 e. The van der Waals surface area contributed by atoms with Crippen LogP contribution < -0.4 is 0 Å². The summed E-state index contributed by atoms with van der Waals surface area (Å²) >= 11 is 0. The van der Waals surface area contributed by atoms with Gasteiger partial charge in [-0.15, -0.1) is 0 Å². The first-order chi connectivity index (χ1) is 8.09. The molecule has 1 aromatic rings. The van der Waals surface area contributed by atoms with E-state index in [1.165, 1.54) is 17.2 Å². The van der Waals surface area contributed by atoms with Crippen molar-refractivity contribution in [3.8, 4) is 0 Å². The van der Waals surface area contributed by atoms with Crippen LogP contribution in [-0.2, 0) is 9.63 Å². The molecule has 92 valence electrons. The standard InChI is InChI=1S/C13H16FNO2/c1-9(2)13(16)15-12(7-8-17-15)10-3-5-11(14)6-4-10/h3-6,9,12H,7-8H2,1-2H3/t12-/m0/s1. The number of halogens is 1. The van der Waals surface area contributed by atoms with Gasteiger partial charge in [0.05, 0.1) is 12.6 Å². The van der Waals surface area contributed by atoms with Crippen LogP contribution in [0.1, 0.15) is 31.9 Å². The van der Waals surface area contributed by atoms with Crippen LogP contribution in [-0.4, -0.2) is 17.6 Å². The Bertz CT molecular complexity index is 402. The van der Waals surface area contributed by atoms with Crippen molar-refractivity contribution in [2.75, 3.05) is 6.61 Å². The molecule has 1 fully saturated rings. The Morgan fingerprint density at radius 2 is 2.06 bits per heavy atom. The van der Waals surface area contributed by atoms with E-state index in [4.69, 9.17) is 4.84 Å². The minimum atomic E-state index is -0.269. The van der Waals surface area contributed by atoms with E-state index in [1.54, 1.807) is 12.1 Å². The topological polar surface area (TPSA) is 29.5 Å². The predicted octanol–water partition coefficient (Wildman–Crippen LogP) is 2.69. The summed E-state index contributed by atoms with van der Waals surface area (Å²) in [6.07, 6.45) is 0.754. The SMILES string of the molecule is CC(C)C(=O)N1OCC[C@H]1c1ccc(F)cc1. The van der Waals surface area contributed by atoms with Crippen molar-refractivity contribution in [1.82, 2.24) is 5.06 Å². The largest absolute Gasteiger partial charge is 0.272 e. The molecule has 0 bridgehead atoms. The van der Waals surface area contributed by atoms with Gasteiger partial charge in [-0.2, -0.15) is 0 Å². The maximum Gasteiger partial charge on any atom is 0.249 e. The molecular weight excluding hydrogens is 221 g/mol. The van der Waals surface area contributed by atoms with E-state index >= 15 is 0 Å². The van der Waals surface area contributed by atoms with Crippen LogP contribution >= 0.6 is 0 Å². The molecule has 0 radical (unpaired) electrons. The number of rotatable bonds is 2. The zero-order valence-electron chi connectivity index (χ0n) is 10.0. The van der Waals surface area contributed by atoms with Crippen molar-refractivity contribution in [1.29, 1.82) is 0 Å². The van der Waals surface area contributed by atoms with Crippen molar-refractivity contribution in [2.24, 2.45) is 5.92 Å². The molecule has 2 rings (SSSR count). The van der Waals surface area contributed by atoms with Gasteiger partial charge in [0.25, 0.3) is 0 Å². The van der Waals surface area contributed by atoms with Crippen LogP contribution in [0.3, 0.4) is 0 Å². The van der Waals surface area contributed by atoms with Crippen molar-refractivity contribution >= 4 is 5.91 Å². The Hall–Kier alpha value is -1.42. The zero-order chi connectivity index (χ0) is 12.4. The Morgan fingerprint density at radius 1 is 1.41 bits per heavy atom. The fourth-order valence-electron chi connectivity index (χ4n) is 1.93. The van der Waals surface area contributed by atoms with Crippen LogP contribution in [0.25, 0.3) is 0 Å². The predicted molar refractivity (Wildman–Crippen MR) is 61.4 cm³/mol. The quantitative estimate of drug-likeness (QED) is 0.791. The Morgan fingerprint density at radius 3 is 2.65 bits per heavy atom. The molecule has 0 spiro atoms. The number of benzene rings is 1. The van der Waals surface area contributed by atoms with Gasteiger partial charge in [0.15, 0.2) is 0 Å². The number of hydrogen-bond acceptors (Lipinski definition) is 2. The second-order valence-electron chi connectivity index (χ2n) is 4.51. The zero-order valence-corrected chi connectivity index (χ0v) is 10.0. The summed E-state index contributed by atoms with van der Waals surface area (Å²) in [6.45, 7) is 4.21. The highest BCUT2D eigenvalue weighted by molar-refractivity contribution is 5.77. The fourth-order valence-corrected chi connectivity index (χ4v) is 1.93. The molecule has 4 heteroatoms. The van der Waals surface area contributed by atoms with Crippen LogP contribution in [0.4, 0.5) is 4.39 Å². The Kier molecular flexibility index (Phi) is 3.43. The summed E-state index contributed by atoms with van der Waals surface area (Å²) in [4.78, 5) is 17.3. The maximum atomic E-state index is 12.8. The summed E-state index contributed by atoms with van der Waals surface area (Å²) in [5.41, 5.74) is 0.915. The monoisotopic (exact) mass is 237 g/mol. The molecule has 3 nitrogen and oxygen atoms in total. The molecule has 1 heterocycles. The summed E-state index contributed by atoms with van der Waals surface area (Å²) in [5, 5.41) is 1.43. The molecule has 0 aliphatic carbocycles. The number of hydrogen-bond donors (Lipinski definition) is 0. The average Bonchev–Trinajstić information content (AvgIpc) is 2.77. The van der Waals surface area contributed by atoms with Crippen molar-refractivity contribution in [3.05, 3.63) is 35.6 Å². The highest BCUT2D eigenvalue weighted by atomic mass is 19.1. The van der Waals surface area contributed by atoms with E-state index in [0.29, 0.717) is 6.61 Å². The highest BCUT2D eigenvalue weighted by Crippen LogP contribution is 2.31. The normalized spacial score (nSPS) is 20.0. The second kappa shape index (κ2) is 4.84. The molecule has 0 aromatic heterocycles. The van der Waals surface area contributed by atoms with E-state index in [0.717, 1.165) is 12.0 Å². The lowest BCUT2D eigenvalue weighted by molar-refractivity contribution is -0.180. The van der Waals surface area contributed by atoms with E-state index in [1.807, 2.05) is 13.8 Å². The van der Waals surface area contributed by atoms with Crippen LogP contribution in [0.15, 0.2) is 24.3 Å². The van der Waals surface area contributed by atoms with Gasteiger partial charge in [0, 0.05) is 12.3 Å². The van der Waals surface area contributed by atoms with Gasteiger partial charge >= 0.3 is 0 Å². The molecule has 1 aromatic carbocycles. The van der Waals surface area contributed by atoms with Crippen LogP contribution in [0.2, 0.25) is 0 Å². The summed E-state index contributed by atoms with van der Waals surface area (Å²) in [7, 11) is 0. The van der Waals surface area contributed by atoms with Crippen molar-refractivity contribution in [3.63, 3.8) is 0 Å². The molecule has 0 N–H and O–H groups in total. The molecule has 0 unspecified atom stereocenters. The Balaban J connectivity index is 2.20. The molecule has 1 saturated heterocycles. The van der Waals surface area contributed by atoms with E-state index < -0.39 is 0 Å². The third kappa shape index (κ3) is 2.47. The van der Waals surface area contributed by atoms with Gasteiger partial charge in [0.2, 0.25) is 5.91 Å². The number of hydroxylamine groups is 2. The average molecular weight is 237 g/mol. The lowest BCUT2D eigenvalue weighted by Crippen LogP contribution is -2.32. The van der Waals surface area contributed by atoms with Gasteiger partial charge in [-0.25, -0.2) is 9.45 Å². The maximum absolute atomic E-state index is 12.8. The number of carbonyl (C=O) groups excluding carboxylic acids is 1. The number of amides is 1. The van der Waals surface area contributed by atoms with Crippen molar-refractivity contribution < 1.29 is 14.0 Å². The van der Waals surface area contributed by atoms with Crippen LogP contribution in [0, 0.1) is 11.7 Å². The van der Waals surface area contributed by atoms with Gasteiger partial charge in [-0.1, -0.05) is 26.0 Å². The number of carbonyl (C=O) groups is 1. The Labute approximate surface area is 100 Å². The number of nitrogens with zero attached hydrogens (tertiary/aromatic N) is 1. The van der Waals surface area contributed by atoms with E-state index in [2.05, 4.69) is 0 Å². The summed E-state index contributed by atoms with van der Waals surface area (Å²) < 4.78 is 12.8. The second-order valence-corrected chi connectivity index (χ2v) is 4.51. The van der Waals surface area contributed by atoms with Gasteiger partial charge in [-0.05, 0) is 17.7 Å². The summed E-state index contributed by atoms with van der Waals surface area (Å²) in [6, 6.07) is 6.13. The molecule has 1 amide bonds. The first kappa shape index (κ1) is 12.0. The third-order valence-corrected chi connectivity index (χ3v) is 2.87. The first-order valence-corrected chi connectivity index (χ1v) is 5.81. The molecule has 17 heavy (non-hydrogen) atoms. The van der Waals surface area contributed by atoms with Gasteiger partial charge in [-0.3, -0.25) is 9.63 Å². The summed E-state index contributed by atoms with van der Waals surface area (Å²) in [5.74, 6) is -0.401. The third-order valence-electron chi connectivity index (χ3n) is 2.87. The fraction of sp³-hybridized carbons (Fsp3) is 0.462. The molecule has 1 aliphatic heterocycles. The van der Waals surface area contributed by atoms with E-state index in [-0.39, 0.29) is 23.7 Å². The molecular formula is C13H16FNO2. The van der Waals surface area contributed by atoms with Gasteiger partial charge < -0.3 is 0 Å². The molecule has 1 atom stereocenters. The lowest BCUT2D eigenvalue weighted by atomic mass is 10.0. The minimum absolute atomic E-state index is 0.0307.